The van der Waals surface area contributed by atoms with Gasteiger partial charge >= 0.3 is 0 Å². The Kier molecular flexibility index (Phi) is 12.1. The highest BCUT2D eigenvalue weighted by Gasteiger charge is 2.37. The first-order chi connectivity index (χ1) is 19.2. The summed E-state index contributed by atoms with van der Waals surface area (Å²) < 4.78 is 24.8. The third-order valence-electron chi connectivity index (χ3n) is 6.17. The maximum absolute atomic E-state index is 11.4. The summed E-state index contributed by atoms with van der Waals surface area (Å²) in [6.07, 6.45) is -2.27. The first-order valence-corrected chi connectivity index (χ1v) is 14.0. The second kappa shape index (κ2) is 16.2. The van der Waals surface area contributed by atoms with Crippen molar-refractivity contribution in [1.29, 1.82) is 0 Å². The third-order valence-corrected chi connectivity index (χ3v) is 7.41. The normalized spacial score (nSPS) is 14.4. The van der Waals surface area contributed by atoms with Gasteiger partial charge in [0.15, 0.2) is 0 Å². The zero-order chi connectivity index (χ0) is 27.1. The molecule has 1 N–H and O–H groups in total. The Bertz CT molecular complexity index is 1180. The fourth-order valence-electron chi connectivity index (χ4n) is 4.14. The number of hydrogen-bond acceptors (Lipinski definition) is 6. The lowest BCUT2D eigenvalue weighted by Gasteiger charge is -2.35. The van der Waals surface area contributed by atoms with Gasteiger partial charge < -0.3 is 24.1 Å². The zero-order valence-corrected chi connectivity index (χ0v) is 23.0. The monoisotopic (exact) mass is 544 g/mol. The van der Waals surface area contributed by atoms with Crippen LogP contribution in [0.2, 0.25) is 0 Å². The van der Waals surface area contributed by atoms with E-state index in [1.165, 1.54) is 0 Å². The van der Waals surface area contributed by atoms with Crippen LogP contribution in [0.3, 0.4) is 0 Å². The topological polar surface area (TPSA) is 57.2 Å². The Hall–Kier alpha value is -2.97. The second-order valence-corrected chi connectivity index (χ2v) is 10.3. The molecule has 6 heteroatoms. The fourth-order valence-corrected chi connectivity index (χ4v) is 5.18. The lowest BCUT2D eigenvalue weighted by atomic mass is 10.1. The Morgan fingerprint density at radius 1 is 0.590 bits per heavy atom. The van der Waals surface area contributed by atoms with Crippen molar-refractivity contribution >= 4 is 11.8 Å². The minimum Gasteiger partial charge on any atom is -0.388 e. The van der Waals surface area contributed by atoms with Gasteiger partial charge in [-0.25, -0.2) is 0 Å². The van der Waals surface area contributed by atoms with Crippen LogP contribution in [0.25, 0.3) is 0 Å². The molecule has 0 saturated heterocycles. The van der Waals surface area contributed by atoms with Gasteiger partial charge in [0.05, 0.1) is 26.4 Å². The lowest BCUT2D eigenvalue weighted by molar-refractivity contribution is -0.166. The summed E-state index contributed by atoms with van der Waals surface area (Å²) in [6.45, 7) is 1.15. The van der Waals surface area contributed by atoms with E-state index in [1.807, 2.05) is 121 Å². The molecular formula is C33H36O5S. The molecule has 0 unspecified atom stereocenters. The maximum atomic E-state index is 11.4. The Labute approximate surface area is 235 Å². The second-order valence-electron chi connectivity index (χ2n) is 9.13. The summed E-state index contributed by atoms with van der Waals surface area (Å²) in [7, 11) is 1.66. The predicted octanol–water partition coefficient (Wildman–Crippen LogP) is 6.50. The molecule has 0 fully saturated rings. The van der Waals surface area contributed by atoms with E-state index in [2.05, 4.69) is 0 Å². The van der Waals surface area contributed by atoms with Crippen LogP contribution in [0.15, 0.2) is 126 Å². The molecule has 0 amide bonds. The van der Waals surface area contributed by atoms with Gasteiger partial charge in [0.1, 0.15) is 23.7 Å². The molecule has 4 rings (SSSR count). The van der Waals surface area contributed by atoms with Crippen LogP contribution in [0.4, 0.5) is 0 Å². The predicted molar refractivity (Wildman–Crippen MR) is 155 cm³/mol. The SMILES string of the molecule is CO[C@@H](Sc1ccccc1)[C@H](OCc1ccccc1)[C@@H](OCc1ccccc1)[C@H](O)COCc1ccccc1. The number of hydrogen-bond donors (Lipinski definition) is 1. The Morgan fingerprint density at radius 2 is 1.03 bits per heavy atom. The number of aliphatic hydroxyl groups is 1. The minimum absolute atomic E-state index is 0.0893. The molecule has 39 heavy (non-hydrogen) atoms. The van der Waals surface area contributed by atoms with Crippen molar-refractivity contribution in [2.24, 2.45) is 0 Å². The quantitative estimate of drug-likeness (QED) is 0.128. The van der Waals surface area contributed by atoms with E-state index in [4.69, 9.17) is 18.9 Å². The zero-order valence-electron chi connectivity index (χ0n) is 22.2. The van der Waals surface area contributed by atoms with Crippen molar-refractivity contribution in [3.05, 3.63) is 138 Å². The average Bonchev–Trinajstić information content (AvgIpc) is 3.00. The summed E-state index contributed by atoms with van der Waals surface area (Å²) in [5.41, 5.74) is 2.63. The summed E-state index contributed by atoms with van der Waals surface area (Å²) in [5, 5.41) is 11.4. The van der Waals surface area contributed by atoms with Crippen LogP contribution in [-0.4, -0.2) is 42.6 Å². The largest absolute Gasteiger partial charge is 0.388 e. The van der Waals surface area contributed by atoms with Gasteiger partial charge in [0, 0.05) is 12.0 Å². The number of methoxy groups -OCH3 is 1. The first kappa shape index (κ1) is 29.0. The van der Waals surface area contributed by atoms with Crippen molar-refractivity contribution < 1.29 is 24.1 Å². The van der Waals surface area contributed by atoms with Crippen molar-refractivity contribution in [2.45, 2.75) is 48.5 Å². The minimum atomic E-state index is -0.952. The van der Waals surface area contributed by atoms with E-state index in [9.17, 15) is 5.11 Å². The molecule has 5 nitrogen and oxygen atoms in total. The summed E-state index contributed by atoms with van der Waals surface area (Å²) in [6, 6.07) is 39.8. The van der Waals surface area contributed by atoms with Gasteiger partial charge in [-0.3, -0.25) is 0 Å². The summed E-state index contributed by atoms with van der Waals surface area (Å²) in [5.74, 6) is 0. The van der Waals surface area contributed by atoms with Gasteiger partial charge in [-0.05, 0) is 28.8 Å². The molecule has 0 aliphatic carbocycles. The highest BCUT2D eigenvalue weighted by Crippen LogP contribution is 2.31. The molecule has 204 valence electrons. The van der Waals surface area contributed by atoms with E-state index in [0.717, 1.165) is 21.6 Å². The van der Waals surface area contributed by atoms with Crippen LogP contribution >= 0.6 is 11.8 Å². The summed E-state index contributed by atoms with van der Waals surface area (Å²) >= 11 is 1.54. The number of rotatable bonds is 16. The van der Waals surface area contributed by atoms with Crippen LogP contribution in [0.5, 0.6) is 0 Å². The molecule has 0 aliphatic rings. The standard InChI is InChI=1S/C33H36O5S/c1-35-33(39-29-20-12-5-13-21-29)32(38-24-28-18-10-4-11-19-28)31(37-23-27-16-8-3-9-17-27)30(34)25-36-22-26-14-6-2-7-15-26/h2-21,30-34H,22-25H2,1H3/t30-,31+,32-,33+/m1/s1. The van der Waals surface area contributed by atoms with Crippen LogP contribution in [0.1, 0.15) is 16.7 Å². The molecule has 0 aliphatic heterocycles. The van der Waals surface area contributed by atoms with E-state index in [0.29, 0.717) is 19.8 Å². The van der Waals surface area contributed by atoms with E-state index >= 15 is 0 Å². The molecule has 0 spiro atoms. The van der Waals surface area contributed by atoms with Crippen LogP contribution in [-0.2, 0) is 38.8 Å². The van der Waals surface area contributed by atoms with Crippen LogP contribution < -0.4 is 0 Å². The van der Waals surface area contributed by atoms with Gasteiger partial charge in [-0.15, -0.1) is 0 Å². The first-order valence-electron chi connectivity index (χ1n) is 13.1. The number of benzene rings is 4. The average molecular weight is 545 g/mol. The van der Waals surface area contributed by atoms with Gasteiger partial charge in [0.25, 0.3) is 0 Å². The maximum Gasteiger partial charge on any atom is 0.136 e. The molecule has 0 radical (unpaired) electrons. The number of aliphatic hydroxyl groups excluding tert-OH is 1. The highest BCUT2D eigenvalue weighted by atomic mass is 32.2. The van der Waals surface area contributed by atoms with E-state index in [1.54, 1.807) is 18.9 Å². The molecule has 0 saturated carbocycles. The van der Waals surface area contributed by atoms with E-state index < -0.39 is 23.7 Å². The molecule has 4 aromatic carbocycles. The van der Waals surface area contributed by atoms with Crippen LogP contribution in [0, 0.1) is 0 Å². The van der Waals surface area contributed by atoms with Gasteiger partial charge in [-0.2, -0.15) is 0 Å². The molecular weight excluding hydrogens is 508 g/mol. The molecule has 4 aromatic rings. The fraction of sp³-hybridized carbons (Fsp3) is 0.273. The van der Waals surface area contributed by atoms with Crippen molar-refractivity contribution in [2.75, 3.05) is 13.7 Å². The van der Waals surface area contributed by atoms with Gasteiger partial charge in [-0.1, -0.05) is 121 Å². The smallest absolute Gasteiger partial charge is 0.136 e. The van der Waals surface area contributed by atoms with Crippen molar-refractivity contribution in [1.82, 2.24) is 0 Å². The Morgan fingerprint density at radius 3 is 1.51 bits per heavy atom. The number of ether oxygens (including phenoxy) is 4. The molecule has 0 heterocycles. The lowest BCUT2D eigenvalue weighted by Crippen LogP contribution is -2.48. The Balaban J connectivity index is 1.55. The molecule has 0 bridgehead atoms. The molecule has 0 aromatic heterocycles. The van der Waals surface area contributed by atoms with Crippen molar-refractivity contribution in [3.63, 3.8) is 0 Å². The highest BCUT2D eigenvalue weighted by molar-refractivity contribution is 7.99. The molecule has 4 atom stereocenters. The van der Waals surface area contributed by atoms with Gasteiger partial charge in [0.2, 0.25) is 0 Å². The summed E-state index contributed by atoms with van der Waals surface area (Å²) in [4.78, 5) is 1.04. The third kappa shape index (κ3) is 9.62. The van der Waals surface area contributed by atoms with Crippen molar-refractivity contribution in [3.8, 4) is 0 Å². The van der Waals surface area contributed by atoms with E-state index in [-0.39, 0.29) is 6.61 Å². The number of thioether (sulfide) groups is 1.